The number of amides is 1. The average molecular weight is 415 g/mol. The maximum absolute atomic E-state index is 12.6. The minimum atomic E-state index is -1.16. The Hall–Kier alpha value is -2.30. The third kappa shape index (κ3) is 3.23. The lowest BCUT2D eigenvalue weighted by Crippen LogP contribution is -2.62. The normalized spacial score (nSPS) is 34.2. The van der Waals surface area contributed by atoms with Crippen LogP contribution >= 0.6 is 0 Å². The standard InChI is InChI=1S/C21H25N3O6/c1-19(2)27-15-10-26-18-21(16(15)28-19,30-20(3,4)29-18)11-22-24-17(25)14-9-12-7-5-6-8-13(12)23-14/h5-9,11,15-16,18,23H,10H2,1-4H3,(H,24,25)/b22-11+/t15-,16+,18-,21+/m0/s1. The zero-order chi connectivity index (χ0) is 21.1. The van der Waals surface area contributed by atoms with E-state index in [9.17, 15) is 4.79 Å². The Labute approximate surface area is 173 Å². The van der Waals surface area contributed by atoms with Gasteiger partial charge in [0.25, 0.3) is 5.91 Å². The fraction of sp³-hybridized carbons (Fsp3) is 0.524. The third-order valence-electron chi connectivity index (χ3n) is 5.43. The summed E-state index contributed by atoms with van der Waals surface area (Å²) in [7, 11) is 0. The van der Waals surface area contributed by atoms with Crippen LogP contribution in [0.4, 0.5) is 0 Å². The average Bonchev–Trinajstić information content (AvgIpc) is 3.31. The predicted molar refractivity (Wildman–Crippen MR) is 107 cm³/mol. The van der Waals surface area contributed by atoms with Crippen LogP contribution in [-0.2, 0) is 23.7 Å². The first-order valence-electron chi connectivity index (χ1n) is 9.95. The second-order valence-corrected chi connectivity index (χ2v) is 8.70. The van der Waals surface area contributed by atoms with E-state index in [4.69, 9.17) is 23.7 Å². The van der Waals surface area contributed by atoms with Crippen molar-refractivity contribution in [3.05, 3.63) is 36.0 Å². The summed E-state index contributed by atoms with van der Waals surface area (Å²) in [4.78, 5) is 15.7. The van der Waals surface area contributed by atoms with Crippen LogP contribution in [0.5, 0.6) is 0 Å². The second-order valence-electron chi connectivity index (χ2n) is 8.70. The molecule has 4 atom stereocenters. The molecule has 0 unspecified atom stereocenters. The quantitative estimate of drug-likeness (QED) is 0.589. The maximum Gasteiger partial charge on any atom is 0.287 e. The van der Waals surface area contributed by atoms with Gasteiger partial charge in [-0.25, -0.2) is 5.43 Å². The van der Waals surface area contributed by atoms with Gasteiger partial charge in [-0.05, 0) is 39.8 Å². The van der Waals surface area contributed by atoms with Crippen molar-refractivity contribution in [1.29, 1.82) is 0 Å². The topological polar surface area (TPSA) is 103 Å². The Bertz CT molecular complexity index is 982. The van der Waals surface area contributed by atoms with E-state index in [2.05, 4.69) is 15.5 Å². The molecule has 30 heavy (non-hydrogen) atoms. The molecule has 1 amide bonds. The highest BCUT2D eigenvalue weighted by molar-refractivity contribution is 5.98. The molecule has 2 N–H and O–H groups in total. The number of benzene rings is 1. The number of hydrazone groups is 1. The number of hydrogen-bond acceptors (Lipinski definition) is 7. The van der Waals surface area contributed by atoms with E-state index in [0.29, 0.717) is 12.3 Å². The van der Waals surface area contributed by atoms with Crippen molar-refractivity contribution >= 4 is 23.0 Å². The molecule has 0 aliphatic carbocycles. The molecule has 160 valence electrons. The molecule has 1 aromatic carbocycles. The number of nitrogens with zero attached hydrogens (tertiary/aromatic N) is 1. The molecular formula is C21H25N3O6. The van der Waals surface area contributed by atoms with Gasteiger partial charge in [-0.3, -0.25) is 4.79 Å². The number of rotatable bonds is 3. The van der Waals surface area contributed by atoms with E-state index in [-0.39, 0.29) is 12.0 Å². The number of aromatic amines is 1. The molecule has 1 aromatic heterocycles. The number of carbonyl (C=O) groups excluding carboxylic acids is 1. The van der Waals surface area contributed by atoms with E-state index in [1.165, 1.54) is 6.21 Å². The Morgan fingerprint density at radius 1 is 1.17 bits per heavy atom. The number of H-pyrrole nitrogens is 1. The van der Waals surface area contributed by atoms with Crippen LogP contribution in [-0.4, -0.2) is 59.4 Å². The monoisotopic (exact) mass is 415 g/mol. The molecule has 5 rings (SSSR count). The third-order valence-corrected chi connectivity index (χ3v) is 5.43. The molecular weight excluding hydrogens is 390 g/mol. The van der Waals surface area contributed by atoms with Crippen molar-refractivity contribution in [2.75, 3.05) is 6.61 Å². The Balaban J connectivity index is 1.40. The van der Waals surface area contributed by atoms with Gasteiger partial charge in [-0.2, -0.15) is 5.10 Å². The maximum atomic E-state index is 12.6. The van der Waals surface area contributed by atoms with E-state index in [1.807, 2.05) is 38.1 Å². The van der Waals surface area contributed by atoms with E-state index in [1.54, 1.807) is 19.9 Å². The van der Waals surface area contributed by atoms with Crippen LogP contribution in [0.15, 0.2) is 35.4 Å². The van der Waals surface area contributed by atoms with Crippen LogP contribution in [0.2, 0.25) is 0 Å². The van der Waals surface area contributed by atoms with E-state index >= 15 is 0 Å². The molecule has 3 aliphatic heterocycles. The smallest absolute Gasteiger partial charge is 0.287 e. The van der Waals surface area contributed by atoms with Gasteiger partial charge in [0.2, 0.25) is 0 Å². The zero-order valence-corrected chi connectivity index (χ0v) is 17.3. The number of fused-ring (bicyclic) bond motifs is 4. The number of ether oxygens (including phenoxy) is 5. The minimum absolute atomic E-state index is 0.315. The highest BCUT2D eigenvalue weighted by Crippen LogP contribution is 2.47. The summed E-state index contributed by atoms with van der Waals surface area (Å²) < 4.78 is 30.1. The first-order valence-corrected chi connectivity index (χ1v) is 9.95. The number of aromatic nitrogens is 1. The first-order chi connectivity index (χ1) is 14.2. The molecule has 3 fully saturated rings. The Kier molecular flexibility index (Phi) is 4.32. The summed E-state index contributed by atoms with van der Waals surface area (Å²) in [5.74, 6) is -2.08. The fourth-order valence-electron chi connectivity index (χ4n) is 4.33. The Morgan fingerprint density at radius 2 is 1.97 bits per heavy atom. The molecule has 9 heteroatoms. The summed E-state index contributed by atoms with van der Waals surface area (Å²) in [5.41, 5.74) is 2.68. The van der Waals surface area contributed by atoms with Crippen molar-refractivity contribution in [2.24, 2.45) is 5.10 Å². The summed E-state index contributed by atoms with van der Waals surface area (Å²) in [5, 5.41) is 5.13. The number of hydrogen-bond donors (Lipinski definition) is 2. The van der Waals surface area contributed by atoms with Crippen LogP contribution in [0.1, 0.15) is 38.2 Å². The summed E-state index contributed by atoms with van der Waals surface area (Å²) >= 11 is 0. The molecule has 9 nitrogen and oxygen atoms in total. The van der Waals surface area contributed by atoms with Gasteiger partial charge in [0.1, 0.15) is 17.9 Å². The van der Waals surface area contributed by atoms with Gasteiger partial charge < -0.3 is 28.7 Å². The number of nitrogens with one attached hydrogen (secondary N) is 2. The van der Waals surface area contributed by atoms with E-state index < -0.39 is 29.6 Å². The molecule has 3 aliphatic rings. The molecule has 0 bridgehead atoms. The van der Waals surface area contributed by atoms with Gasteiger partial charge in [0.05, 0.1) is 12.8 Å². The van der Waals surface area contributed by atoms with Gasteiger partial charge >= 0.3 is 0 Å². The summed E-state index contributed by atoms with van der Waals surface area (Å²) in [6, 6.07) is 9.43. The van der Waals surface area contributed by atoms with Gasteiger partial charge in [-0.1, -0.05) is 18.2 Å². The first kappa shape index (κ1) is 19.7. The van der Waals surface area contributed by atoms with Gasteiger partial charge in [0, 0.05) is 10.9 Å². The molecule has 0 spiro atoms. The van der Waals surface area contributed by atoms with Crippen molar-refractivity contribution in [1.82, 2.24) is 10.4 Å². The number of para-hydroxylation sites is 1. The van der Waals surface area contributed by atoms with Crippen LogP contribution < -0.4 is 5.43 Å². The molecule has 2 aromatic rings. The van der Waals surface area contributed by atoms with Crippen molar-refractivity contribution in [3.63, 3.8) is 0 Å². The molecule has 0 saturated carbocycles. The summed E-state index contributed by atoms with van der Waals surface area (Å²) in [6.45, 7) is 7.58. The predicted octanol–water partition coefficient (Wildman–Crippen LogP) is 2.28. The molecule has 3 saturated heterocycles. The zero-order valence-electron chi connectivity index (χ0n) is 17.3. The van der Waals surface area contributed by atoms with E-state index in [0.717, 1.165) is 10.9 Å². The second kappa shape index (κ2) is 6.60. The largest absolute Gasteiger partial charge is 0.350 e. The van der Waals surface area contributed by atoms with Crippen LogP contribution in [0.3, 0.4) is 0 Å². The lowest BCUT2D eigenvalue weighted by atomic mass is 9.91. The molecule has 0 radical (unpaired) electrons. The van der Waals surface area contributed by atoms with Crippen molar-refractivity contribution in [3.8, 4) is 0 Å². The lowest BCUT2D eigenvalue weighted by Gasteiger charge is -2.39. The van der Waals surface area contributed by atoms with Gasteiger partial charge in [0.15, 0.2) is 23.5 Å². The van der Waals surface area contributed by atoms with Crippen LogP contribution in [0.25, 0.3) is 10.9 Å². The Morgan fingerprint density at radius 3 is 2.77 bits per heavy atom. The SMILES string of the molecule is CC1(C)O[C@H]2CO[C@H]3OC(C)(C)O[C@]3(/C=N/NC(=O)c3cc4ccccc4[nH]3)[C@@H]2O1. The summed E-state index contributed by atoms with van der Waals surface area (Å²) in [6.07, 6.45) is -0.0829. The van der Waals surface area contributed by atoms with Crippen molar-refractivity contribution < 1.29 is 28.5 Å². The number of carbonyl (C=O) groups is 1. The highest BCUT2D eigenvalue weighted by Gasteiger charge is 2.66. The van der Waals surface area contributed by atoms with Crippen LogP contribution in [0, 0.1) is 0 Å². The highest BCUT2D eigenvalue weighted by atomic mass is 16.9. The molecule has 4 heterocycles. The van der Waals surface area contributed by atoms with Gasteiger partial charge in [-0.15, -0.1) is 0 Å². The lowest BCUT2D eigenvalue weighted by molar-refractivity contribution is -0.208. The van der Waals surface area contributed by atoms with Crippen molar-refractivity contribution in [2.45, 2.75) is 63.4 Å². The minimum Gasteiger partial charge on any atom is -0.350 e. The fourth-order valence-corrected chi connectivity index (χ4v) is 4.33.